The van der Waals surface area contributed by atoms with Crippen LogP contribution in [-0.4, -0.2) is 40.2 Å². The summed E-state index contributed by atoms with van der Waals surface area (Å²) in [6, 6.07) is 28.5. The third kappa shape index (κ3) is 8.67. The average Bonchev–Trinajstić information content (AvgIpc) is 2.97. The minimum Gasteiger partial charge on any atom is -0.497 e. The fraction of sp³-hybridized carbons (Fsp3) is 0.343. The minimum atomic E-state index is -2.64. The molecule has 0 bridgehead atoms. The largest absolute Gasteiger partial charge is 0.497 e. The Hall–Kier alpha value is -3.63. The second-order valence-corrected chi connectivity index (χ2v) is 15.2. The van der Waals surface area contributed by atoms with Crippen molar-refractivity contribution in [3.63, 3.8) is 0 Å². The maximum atomic E-state index is 13.0. The molecule has 2 atom stereocenters. The van der Waals surface area contributed by atoms with Gasteiger partial charge >= 0.3 is 5.97 Å². The Morgan fingerprint density at radius 1 is 0.951 bits per heavy atom. The number of carbonyl (C=O) groups is 1. The zero-order chi connectivity index (χ0) is 29.7. The van der Waals surface area contributed by atoms with Crippen LogP contribution in [0, 0.1) is 12.3 Å². The average molecular weight is 571 g/mol. The van der Waals surface area contributed by atoms with Gasteiger partial charge in [0.1, 0.15) is 11.9 Å². The first kappa shape index (κ1) is 31.9. The molecule has 0 saturated carbocycles. The SMILES string of the molecule is C#CCCC(OCc1ccc(OC)cc1)C(=O)O[C@@H](C)/C=C/CO[Si](c1ccccc1)(c1ccccc1)C(C)(C)C. The lowest BCUT2D eigenvalue weighted by Crippen LogP contribution is -2.66. The molecular weight excluding hydrogens is 528 g/mol. The molecule has 3 rings (SSSR count). The van der Waals surface area contributed by atoms with E-state index in [9.17, 15) is 4.79 Å². The van der Waals surface area contributed by atoms with E-state index in [-0.39, 0.29) is 11.6 Å². The number of methoxy groups -OCH3 is 1. The topological polar surface area (TPSA) is 54.0 Å². The number of rotatable bonds is 14. The molecule has 0 fully saturated rings. The van der Waals surface area contributed by atoms with Crippen LogP contribution >= 0.6 is 0 Å². The molecule has 0 aliphatic carbocycles. The molecule has 0 heterocycles. The summed E-state index contributed by atoms with van der Waals surface area (Å²) in [7, 11) is -1.02. The lowest BCUT2D eigenvalue weighted by atomic mass is 10.2. The van der Waals surface area contributed by atoms with Gasteiger partial charge in [0.25, 0.3) is 8.32 Å². The first-order valence-corrected chi connectivity index (χ1v) is 15.9. The fourth-order valence-corrected chi connectivity index (χ4v) is 9.38. The lowest BCUT2D eigenvalue weighted by Gasteiger charge is -2.42. The highest BCUT2D eigenvalue weighted by Crippen LogP contribution is 2.36. The predicted molar refractivity (Wildman–Crippen MR) is 168 cm³/mol. The van der Waals surface area contributed by atoms with E-state index in [1.54, 1.807) is 7.11 Å². The quantitative estimate of drug-likeness (QED) is 0.102. The fourth-order valence-electron chi connectivity index (χ4n) is 4.88. The second kappa shape index (κ2) is 15.4. The summed E-state index contributed by atoms with van der Waals surface area (Å²) in [5.41, 5.74) is 0.928. The molecule has 0 aliphatic heterocycles. The Kier molecular flexibility index (Phi) is 12.0. The number of benzene rings is 3. The summed E-state index contributed by atoms with van der Waals surface area (Å²) >= 11 is 0. The van der Waals surface area contributed by atoms with Gasteiger partial charge in [0.05, 0.1) is 20.3 Å². The molecule has 3 aromatic carbocycles. The van der Waals surface area contributed by atoms with E-state index >= 15 is 0 Å². The Bertz CT molecular complexity index is 1230. The molecule has 1 unspecified atom stereocenters. The van der Waals surface area contributed by atoms with Gasteiger partial charge in [0, 0.05) is 6.42 Å². The zero-order valence-electron chi connectivity index (χ0n) is 24.8. The monoisotopic (exact) mass is 570 g/mol. The standard InChI is InChI=1S/C35H42O5Si/c1-7-8-21-33(38-27-29-22-24-30(37-6)25-23-29)34(36)40-28(2)16-15-26-39-41(35(3,4)5,31-17-11-9-12-18-31)32-19-13-10-14-20-32/h1,9-20,22-25,28,33H,8,21,26-27H2,2-6H3/b16-15+/t28-,33?/m0/s1. The molecule has 0 aromatic heterocycles. The summed E-state index contributed by atoms with van der Waals surface area (Å²) in [6.45, 7) is 9.23. The van der Waals surface area contributed by atoms with E-state index < -0.39 is 26.5 Å². The first-order chi connectivity index (χ1) is 19.7. The maximum Gasteiger partial charge on any atom is 0.335 e. The summed E-state index contributed by atoms with van der Waals surface area (Å²) in [5, 5.41) is 2.32. The third-order valence-electron chi connectivity index (χ3n) is 6.95. The van der Waals surface area contributed by atoms with Crippen LogP contribution in [0.15, 0.2) is 97.1 Å². The highest BCUT2D eigenvalue weighted by atomic mass is 28.4. The van der Waals surface area contributed by atoms with Crippen LogP contribution in [0.1, 0.15) is 46.1 Å². The van der Waals surface area contributed by atoms with Crippen LogP contribution in [0.3, 0.4) is 0 Å². The highest BCUT2D eigenvalue weighted by molar-refractivity contribution is 6.99. The van der Waals surface area contributed by atoms with Crippen molar-refractivity contribution in [2.24, 2.45) is 0 Å². The van der Waals surface area contributed by atoms with E-state index in [2.05, 4.69) is 75.2 Å². The predicted octanol–water partition coefficient (Wildman–Crippen LogP) is 6.06. The molecule has 0 radical (unpaired) electrons. The van der Waals surface area contributed by atoms with Gasteiger partial charge in [-0.25, -0.2) is 4.79 Å². The first-order valence-electron chi connectivity index (χ1n) is 14.0. The molecule has 0 amide bonds. The zero-order valence-corrected chi connectivity index (χ0v) is 25.8. The van der Waals surface area contributed by atoms with Gasteiger partial charge < -0.3 is 18.6 Å². The molecule has 3 aromatic rings. The molecule has 216 valence electrons. The second-order valence-electron chi connectivity index (χ2n) is 10.9. The van der Waals surface area contributed by atoms with Crippen LogP contribution in [0.5, 0.6) is 5.75 Å². The number of terminal acetylenes is 1. The molecule has 0 spiro atoms. The Balaban J connectivity index is 1.67. The minimum absolute atomic E-state index is 0.118. The molecule has 6 heteroatoms. The van der Waals surface area contributed by atoms with Crippen molar-refractivity contribution < 1.29 is 23.4 Å². The van der Waals surface area contributed by atoms with Crippen LogP contribution in [0.25, 0.3) is 0 Å². The van der Waals surface area contributed by atoms with Crippen molar-refractivity contribution >= 4 is 24.7 Å². The molecule has 0 N–H and O–H groups in total. The van der Waals surface area contributed by atoms with Crippen LogP contribution < -0.4 is 15.1 Å². The number of esters is 1. The van der Waals surface area contributed by atoms with Gasteiger partial charge in [0.15, 0.2) is 6.10 Å². The Morgan fingerprint density at radius 3 is 2.05 bits per heavy atom. The molecular formula is C35H42O5Si. The number of hydrogen-bond acceptors (Lipinski definition) is 5. The van der Waals surface area contributed by atoms with Crippen molar-refractivity contribution in [1.82, 2.24) is 0 Å². The number of hydrogen-bond donors (Lipinski definition) is 0. The van der Waals surface area contributed by atoms with E-state index in [0.717, 1.165) is 11.3 Å². The number of ether oxygens (including phenoxy) is 3. The van der Waals surface area contributed by atoms with Crippen LogP contribution in [-0.2, 0) is 25.3 Å². The van der Waals surface area contributed by atoms with E-state index in [1.165, 1.54) is 10.4 Å². The van der Waals surface area contributed by atoms with Gasteiger partial charge in [-0.1, -0.05) is 99.6 Å². The maximum absolute atomic E-state index is 13.0. The van der Waals surface area contributed by atoms with Crippen LogP contribution in [0.4, 0.5) is 0 Å². The summed E-state index contributed by atoms with van der Waals surface area (Å²) in [6.07, 6.45) is 8.85. The van der Waals surface area contributed by atoms with Gasteiger partial charge in [-0.2, -0.15) is 0 Å². The Morgan fingerprint density at radius 2 is 1.54 bits per heavy atom. The number of carbonyl (C=O) groups excluding carboxylic acids is 1. The lowest BCUT2D eigenvalue weighted by molar-refractivity contribution is -0.161. The van der Waals surface area contributed by atoms with Crippen molar-refractivity contribution in [2.45, 2.75) is 64.4 Å². The molecule has 5 nitrogen and oxygen atoms in total. The van der Waals surface area contributed by atoms with Gasteiger partial charge in [-0.3, -0.25) is 0 Å². The van der Waals surface area contributed by atoms with Gasteiger partial charge in [-0.05, 0) is 52.5 Å². The van der Waals surface area contributed by atoms with Crippen molar-refractivity contribution in [3.05, 3.63) is 103 Å². The summed E-state index contributed by atoms with van der Waals surface area (Å²) in [4.78, 5) is 13.0. The molecule has 41 heavy (non-hydrogen) atoms. The van der Waals surface area contributed by atoms with Crippen LogP contribution in [0.2, 0.25) is 5.04 Å². The smallest absolute Gasteiger partial charge is 0.335 e. The van der Waals surface area contributed by atoms with E-state index in [1.807, 2.05) is 55.5 Å². The van der Waals surface area contributed by atoms with Crippen molar-refractivity contribution in [3.8, 4) is 18.1 Å². The summed E-state index contributed by atoms with van der Waals surface area (Å²) in [5.74, 6) is 2.91. The third-order valence-corrected chi connectivity index (χ3v) is 12.0. The van der Waals surface area contributed by atoms with E-state index in [0.29, 0.717) is 19.4 Å². The summed E-state index contributed by atoms with van der Waals surface area (Å²) < 4.78 is 23.7. The van der Waals surface area contributed by atoms with Crippen molar-refractivity contribution in [1.29, 1.82) is 0 Å². The molecule has 0 saturated heterocycles. The molecule has 0 aliphatic rings. The Labute approximate surface area is 246 Å². The highest BCUT2D eigenvalue weighted by Gasteiger charge is 2.49. The van der Waals surface area contributed by atoms with Crippen molar-refractivity contribution in [2.75, 3.05) is 13.7 Å². The normalized spacial score (nSPS) is 13.4. The van der Waals surface area contributed by atoms with E-state index in [4.69, 9.17) is 25.1 Å². The van der Waals surface area contributed by atoms with Gasteiger partial charge in [-0.15, -0.1) is 12.3 Å². The van der Waals surface area contributed by atoms with Gasteiger partial charge in [0.2, 0.25) is 0 Å².